The summed E-state index contributed by atoms with van der Waals surface area (Å²) in [5, 5.41) is 14.1. The molecule has 3 aromatic rings. The molecule has 0 heterocycles. The van der Waals surface area contributed by atoms with Crippen LogP contribution in [-0.4, -0.2) is 10.7 Å². The van der Waals surface area contributed by atoms with Crippen molar-refractivity contribution >= 4 is 22.8 Å². The van der Waals surface area contributed by atoms with Gasteiger partial charge in [0.05, 0.1) is 4.92 Å². The van der Waals surface area contributed by atoms with Gasteiger partial charge in [0.1, 0.15) is 0 Å². The number of anilines is 2. The highest BCUT2D eigenvalue weighted by Gasteiger charge is 2.13. The van der Waals surface area contributed by atoms with Gasteiger partial charge in [0.2, 0.25) is 0 Å². The van der Waals surface area contributed by atoms with Crippen molar-refractivity contribution < 1.29 is 9.72 Å². The van der Waals surface area contributed by atoms with Crippen LogP contribution in [0.15, 0.2) is 78.9 Å². The van der Waals surface area contributed by atoms with Crippen LogP contribution in [0, 0.1) is 10.1 Å². The lowest BCUT2D eigenvalue weighted by Gasteiger charge is -2.08. The van der Waals surface area contributed by atoms with E-state index in [0.29, 0.717) is 11.1 Å². The number of carbonyl (C=O) groups excluding carboxylic acids is 1. The van der Waals surface area contributed by atoms with Crippen LogP contribution in [-0.2, 0) is 0 Å². The smallest absolute Gasteiger partial charge is 0.270 e. The van der Waals surface area contributed by atoms with E-state index < -0.39 is 4.92 Å². The summed E-state index contributed by atoms with van der Waals surface area (Å²) in [6, 6.07) is 22.4. The quantitative estimate of drug-likeness (QED) is 0.425. The topological polar surface area (TPSA) is 72.2 Å². The second-order valence-corrected chi connectivity index (χ2v) is 5.21. The molecule has 0 radical (unpaired) electrons. The Labute approximate surface area is 138 Å². The first kappa shape index (κ1) is 15.4. The van der Waals surface area contributed by atoms with Gasteiger partial charge in [-0.3, -0.25) is 14.9 Å². The van der Waals surface area contributed by atoms with Crippen LogP contribution >= 0.6 is 0 Å². The number of hydrogen-bond donors (Lipinski definition) is 1. The fraction of sp³-hybridized carbons (Fsp3) is 0. The third-order valence-corrected chi connectivity index (χ3v) is 3.51. The van der Waals surface area contributed by atoms with Gasteiger partial charge in [-0.2, -0.15) is 0 Å². The molecule has 0 saturated heterocycles. The van der Waals surface area contributed by atoms with Gasteiger partial charge < -0.3 is 5.32 Å². The molecule has 0 aliphatic carbocycles. The summed E-state index contributed by atoms with van der Waals surface area (Å²) in [4.78, 5) is 22.9. The molecular formula is C19H14N2O3. The van der Waals surface area contributed by atoms with E-state index in [1.807, 2.05) is 36.4 Å². The molecule has 0 spiro atoms. The zero-order valence-corrected chi connectivity index (χ0v) is 12.7. The van der Waals surface area contributed by atoms with Crippen molar-refractivity contribution in [3.63, 3.8) is 0 Å². The Balaban J connectivity index is 1.87. The number of ketones is 1. The molecule has 0 fully saturated rings. The van der Waals surface area contributed by atoms with E-state index in [1.165, 1.54) is 18.2 Å². The number of carbonyl (C=O) groups is 1. The van der Waals surface area contributed by atoms with Gasteiger partial charge in [-0.25, -0.2) is 0 Å². The molecule has 0 aromatic heterocycles. The molecule has 0 bridgehead atoms. The summed E-state index contributed by atoms with van der Waals surface area (Å²) >= 11 is 0. The summed E-state index contributed by atoms with van der Waals surface area (Å²) < 4.78 is 0. The van der Waals surface area contributed by atoms with Crippen LogP contribution in [0.3, 0.4) is 0 Å². The van der Waals surface area contributed by atoms with Crippen LogP contribution in [0.5, 0.6) is 0 Å². The van der Waals surface area contributed by atoms with Crippen molar-refractivity contribution in [3.8, 4) is 0 Å². The predicted octanol–water partition coefficient (Wildman–Crippen LogP) is 4.57. The molecule has 3 rings (SSSR count). The van der Waals surface area contributed by atoms with Gasteiger partial charge in [-0.05, 0) is 24.3 Å². The third kappa shape index (κ3) is 3.47. The van der Waals surface area contributed by atoms with Crippen LogP contribution in [0.4, 0.5) is 17.1 Å². The number of nitro groups is 1. The molecule has 0 amide bonds. The standard InChI is InChI=1S/C19H14N2O3/c22-19(15-7-5-11-18(13-15)21(23)24)14-6-4-10-17(12-14)20-16-8-2-1-3-9-16/h1-13,20H. The fourth-order valence-electron chi connectivity index (χ4n) is 2.35. The van der Waals surface area contributed by atoms with Crippen LogP contribution in [0.2, 0.25) is 0 Å². The molecule has 0 atom stereocenters. The average Bonchev–Trinajstić information content (AvgIpc) is 2.62. The number of rotatable bonds is 5. The maximum Gasteiger partial charge on any atom is 0.270 e. The second kappa shape index (κ2) is 6.75. The number of nitrogens with zero attached hydrogens (tertiary/aromatic N) is 1. The van der Waals surface area contributed by atoms with Gasteiger partial charge in [0.15, 0.2) is 5.78 Å². The Bertz CT molecular complexity index is 892. The van der Waals surface area contributed by atoms with Crippen LogP contribution in [0.1, 0.15) is 15.9 Å². The summed E-state index contributed by atoms with van der Waals surface area (Å²) in [5.74, 6) is -0.254. The van der Waals surface area contributed by atoms with Gasteiger partial charge in [0.25, 0.3) is 5.69 Å². The Hall–Kier alpha value is -3.47. The molecule has 3 aromatic carbocycles. The van der Waals surface area contributed by atoms with Crippen molar-refractivity contribution in [1.82, 2.24) is 0 Å². The molecule has 5 heteroatoms. The Morgan fingerprint density at radius 2 is 1.42 bits per heavy atom. The van der Waals surface area contributed by atoms with E-state index >= 15 is 0 Å². The van der Waals surface area contributed by atoms with Crippen LogP contribution in [0.25, 0.3) is 0 Å². The zero-order chi connectivity index (χ0) is 16.9. The Morgan fingerprint density at radius 1 is 0.792 bits per heavy atom. The number of nitro benzene ring substituents is 1. The third-order valence-electron chi connectivity index (χ3n) is 3.51. The molecule has 24 heavy (non-hydrogen) atoms. The highest BCUT2D eigenvalue weighted by atomic mass is 16.6. The predicted molar refractivity (Wildman–Crippen MR) is 92.7 cm³/mol. The first-order valence-corrected chi connectivity index (χ1v) is 7.35. The van der Waals surface area contributed by atoms with Gasteiger partial charge in [-0.15, -0.1) is 0 Å². The number of para-hydroxylation sites is 1. The Kier molecular flexibility index (Phi) is 4.34. The zero-order valence-electron chi connectivity index (χ0n) is 12.7. The van der Waals surface area contributed by atoms with E-state index in [4.69, 9.17) is 0 Å². The molecule has 0 aliphatic heterocycles. The molecule has 0 unspecified atom stereocenters. The average molecular weight is 318 g/mol. The van der Waals surface area contributed by atoms with Gasteiger partial charge >= 0.3 is 0 Å². The molecule has 0 aliphatic rings. The van der Waals surface area contributed by atoms with E-state index in [9.17, 15) is 14.9 Å². The normalized spacial score (nSPS) is 10.2. The summed E-state index contributed by atoms with van der Waals surface area (Å²) in [5.41, 5.74) is 2.35. The lowest BCUT2D eigenvalue weighted by molar-refractivity contribution is -0.384. The fourth-order valence-corrected chi connectivity index (χ4v) is 2.35. The molecule has 5 nitrogen and oxygen atoms in total. The second-order valence-electron chi connectivity index (χ2n) is 5.21. The van der Waals surface area contributed by atoms with E-state index in [2.05, 4.69) is 5.32 Å². The summed E-state index contributed by atoms with van der Waals surface area (Å²) in [7, 11) is 0. The first-order valence-electron chi connectivity index (χ1n) is 7.35. The number of hydrogen-bond acceptors (Lipinski definition) is 4. The Morgan fingerprint density at radius 3 is 2.12 bits per heavy atom. The van der Waals surface area contributed by atoms with E-state index in [0.717, 1.165) is 11.4 Å². The summed E-state index contributed by atoms with van der Waals surface area (Å²) in [6.45, 7) is 0. The van der Waals surface area contributed by atoms with Crippen LogP contribution < -0.4 is 5.32 Å². The minimum atomic E-state index is -0.510. The molecule has 118 valence electrons. The van der Waals surface area contributed by atoms with E-state index in [1.54, 1.807) is 24.3 Å². The van der Waals surface area contributed by atoms with Gasteiger partial charge in [0, 0.05) is 34.6 Å². The van der Waals surface area contributed by atoms with Crippen molar-refractivity contribution in [2.75, 3.05) is 5.32 Å². The lowest BCUT2D eigenvalue weighted by Crippen LogP contribution is -2.03. The highest BCUT2D eigenvalue weighted by Crippen LogP contribution is 2.21. The van der Waals surface area contributed by atoms with Crippen molar-refractivity contribution in [1.29, 1.82) is 0 Å². The van der Waals surface area contributed by atoms with Crippen molar-refractivity contribution in [2.24, 2.45) is 0 Å². The van der Waals surface area contributed by atoms with Crippen molar-refractivity contribution in [3.05, 3.63) is 100 Å². The summed E-state index contributed by atoms with van der Waals surface area (Å²) in [6.07, 6.45) is 0. The number of nitrogens with one attached hydrogen (secondary N) is 1. The molecule has 1 N–H and O–H groups in total. The maximum atomic E-state index is 12.6. The first-order chi connectivity index (χ1) is 11.6. The van der Waals surface area contributed by atoms with Crippen molar-refractivity contribution in [2.45, 2.75) is 0 Å². The molecule has 0 saturated carbocycles. The molecular weight excluding hydrogens is 304 g/mol. The highest BCUT2D eigenvalue weighted by molar-refractivity contribution is 6.09. The van der Waals surface area contributed by atoms with Gasteiger partial charge in [-0.1, -0.05) is 42.5 Å². The maximum absolute atomic E-state index is 12.6. The monoisotopic (exact) mass is 318 g/mol. The number of non-ortho nitro benzene ring substituents is 1. The lowest BCUT2D eigenvalue weighted by atomic mass is 10.0. The minimum Gasteiger partial charge on any atom is -0.356 e. The largest absolute Gasteiger partial charge is 0.356 e. The SMILES string of the molecule is O=C(c1cccc(Nc2ccccc2)c1)c1cccc([N+](=O)[O-])c1. The van der Waals surface area contributed by atoms with E-state index in [-0.39, 0.29) is 11.5 Å². The number of benzene rings is 3. The minimum absolute atomic E-state index is 0.0978.